The Labute approximate surface area is 371 Å². The molecule has 0 amide bonds. The van der Waals surface area contributed by atoms with Crippen molar-refractivity contribution in [3.05, 3.63) is 118 Å². The van der Waals surface area contributed by atoms with Gasteiger partial charge in [0, 0.05) is 0 Å². The van der Waals surface area contributed by atoms with Crippen LogP contribution < -0.4 is 10.4 Å². The number of halogens is 5. The molecule has 0 aromatic heterocycles. The molecule has 0 nitrogen and oxygen atoms in total. The Kier molecular flexibility index (Phi) is 13.9. The molecule has 0 spiro atoms. The molecule has 9 heteroatoms. The molecule has 0 N–H and O–H groups in total. The van der Waals surface area contributed by atoms with Crippen molar-refractivity contribution in [1.82, 2.24) is 0 Å². The van der Waals surface area contributed by atoms with Gasteiger partial charge in [0.1, 0.15) is 0 Å². The topological polar surface area (TPSA) is 0 Å². The van der Waals surface area contributed by atoms with Gasteiger partial charge in [0.2, 0.25) is 0 Å². The van der Waals surface area contributed by atoms with Crippen molar-refractivity contribution in [1.29, 1.82) is 0 Å². The Morgan fingerprint density at radius 2 is 0.881 bits per heavy atom. The Hall–Kier alpha value is -1.74. The standard InChI is InChI=1S/2C23H29Si.C3H4F3.CH3.2ClH.H2Si.Zr/c2*1-16-21(23(2,3)4)15-18-9-8-10-20(22(16)18)17-11-13-19(14-12-17)24(5,6)7;1-2-3(4,5)6;;;;;/h2*8-15H,1-7H3;1-2H2;1H3;2*1H;1H2;. The first-order chi connectivity index (χ1) is 26.0. The smallest absolute Gasteiger partial charge is 0.147 e. The fourth-order valence-corrected chi connectivity index (χ4v) is 37.3. The number of hydrogen-bond acceptors (Lipinski definition) is 0. The van der Waals surface area contributed by atoms with Crippen molar-refractivity contribution in [2.24, 2.45) is 10.8 Å². The summed E-state index contributed by atoms with van der Waals surface area (Å²) in [5.41, 5.74) is 14.5. The molecule has 0 heterocycles. The molecule has 0 saturated carbocycles. The molecular weight excluding hydrogens is 904 g/mol. The van der Waals surface area contributed by atoms with Gasteiger partial charge in [-0.25, -0.2) is 0 Å². The van der Waals surface area contributed by atoms with Crippen LogP contribution >= 0.6 is 24.8 Å². The number of allylic oxidation sites excluding steroid dienone is 4. The molecule has 2 unspecified atom stereocenters. The number of hydrogen-bond donors (Lipinski definition) is 0. The fourth-order valence-electron chi connectivity index (χ4n) is 11.0. The largest absolute Gasteiger partial charge is 0.147 e. The van der Waals surface area contributed by atoms with Crippen LogP contribution in [-0.4, -0.2) is 29.2 Å². The van der Waals surface area contributed by atoms with Crippen molar-refractivity contribution >= 4 is 69.4 Å². The predicted molar refractivity (Wildman–Crippen MR) is 264 cm³/mol. The first kappa shape index (κ1) is 49.9. The number of benzene rings is 4. The molecular formula is C50H69Cl2F3Si3Zr. The van der Waals surface area contributed by atoms with Gasteiger partial charge in [0.25, 0.3) is 0 Å². The van der Waals surface area contributed by atoms with Crippen LogP contribution in [0.5, 0.6) is 0 Å². The molecule has 2 aliphatic carbocycles. The van der Waals surface area contributed by atoms with Gasteiger partial charge in [-0.05, 0) is 0 Å². The van der Waals surface area contributed by atoms with Crippen LogP contribution in [0, 0.1) is 10.8 Å². The molecule has 320 valence electrons. The van der Waals surface area contributed by atoms with E-state index in [0.717, 1.165) is 0 Å². The minimum Gasteiger partial charge on any atom is -0.147 e. The summed E-state index contributed by atoms with van der Waals surface area (Å²) in [7, 11) is -3.00. The molecule has 59 heavy (non-hydrogen) atoms. The van der Waals surface area contributed by atoms with E-state index in [9.17, 15) is 13.2 Å². The predicted octanol–water partition coefficient (Wildman–Crippen LogP) is 15.1. The zero-order valence-corrected chi connectivity index (χ0v) is 45.8. The van der Waals surface area contributed by atoms with E-state index in [1.54, 1.807) is 0 Å². The summed E-state index contributed by atoms with van der Waals surface area (Å²) in [5, 5.41) is 2.85. The maximum Gasteiger partial charge on any atom is -0.147 e. The average molecular weight is 973 g/mol. The first-order valence-corrected chi connectivity index (χ1v) is 40.9. The summed E-state index contributed by atoms with van der Waals surface area (Å²) in [6.07, 6.45) is -5.01. The molecule has 0 aliphatic heterocycles. The Balaban J connectivity index is 0.00000384. The van der Waals surface area contributed by atoms with E-state index in [1.807, 2.05) is 0 Å². The van der Waals surface area contributed by atoms with Crippen molar-refractivity contribution in [3.63, 3.8) is 0 Å². The van der Waals surface area contributed by atoms with Gasteiger partial charge in [-0.15, -0.1) is 24.8 Å². The van der Waals surface area contributed by atoms with Gasteiger partial charge in [-0.3, -0.25) is 0 Å². The van der Waals surface area contributed by atoms with Crippen molar-refractivity contribution in [3.8, 4) is 22.3 Å². The van der Waals surface area contributed by atoms with Gasteiger partial charge in [-0.2, -0.15) is 0 Å². The van der Waals surface area contributed by atoms with E-state index >= 15 is 0 Å². The monoisotopic (exact) mass is 970 g/mol. The summed E-state index contributed by atoms with van der Waals surface area (Å²) in [6.45, 7) is 34.7. The van der Waals surface area contributed by atoms with E-state index in [-0.39, 0.29) is 47.0 Å². The van der Waals surface area contributed by atoms with Crippen LogP contribution in [0.25, 0.3) is 33.4 Å². The van der Waals surface area contributed by atoms with Crippen molar-refractivity contribution < 1.29 is 30.6 Å². The minimum atomic E-state index is -4.95. The van der Waals surface area contributed by atoms with Crippen LogP contribution in [-0.2, 0) is 17.4 Å². The molecule has 0 bridgehead atoms. The molecule has 6 rings (SSSR count). The molecule has 2 aliphatic rings. The van der Waals surface area contributed by atoms with Crippen molar-refractivity contribution in [2.75, 3.05) is 0 Å². The van der Waals surface area contributed by atoms with Crippen LogP contribution in [0.2, 0.25) is 48.0 Å². The summed E-state index contributed by atoms with van der Waals surface area (Å²) in [6, 6.07) is 31.8. The van der Waals surface area contributed by atoms with E-state index in [2.05, 4.69) is 191 Å². The van der Waals surface area contributed by atoms with E-state index < -0.39 is 46.1 Å². The van der Waals surface area contributed by atoms with Gasteiger partial charge >= 0.3 is 350 Å². The fraction of sp³-hybridized carbons (Fsp3) is 0.440. The molecule has 0 fully saturated rings. The molecule has 2 atom stereocenters. The van der Waals surface area contributed by atoms with Gasteiger partial charge in [-0.1, -0.05) is 0 Å². The van der Waals surface area contributed by atoms with Gasteiger partial charge in [0.15, 0.2) is 0 Å². The Bertz CT molecular complexity index is 2210. The second-order valence-corrected chi connectivity index (χ2v) is 60.8. The second kappa shape index (κ2) is 16.4. The maximum atomic E-state index is 15.0. The third-order valence-corrected chi connectivity index (χ3v) is 40.2. The van der Waals surface area contributed by atoms with E-state index in [4.69, 9.17) is 0 Å². The third kappa shape index (κ3) is 9.19. The summed E-state index contributed by atoms with van der Waals surface area (Å²) >= 11 is -4.95. The molecule has 0 radical (unpaired) electrons. The number of rotatable bonds is 8. The van der Waals surface area contributed by atoms with E-state index in [1.165, 1.54) is 77.2 Å². The van der Waals surface area contributed by atoms with Crippen LogP contribution in [0.4, 0.5) is 13.2 Å². The normalized spacial score (nSPS) is 17.7. The minimum absolute atomic E-state index is 0. The number of alkyl halides is 3. The second-order valence-electron chi connectivity index (χ2n) is 22.3. The molecule has 0 saturated heterocycles. The van der Waals surface area contributed by atoms with E-state index in [0.29, 0.717) is 0 Å². The quantitative estimate of drug-likeness (QED) is 0.154. The third-order valence-electron chi connectivity index (χ3n) is 13.5. The average Bonchev–Trinajstić information content (AvgIpc) is 3.60. The van der Waals surface area contributed by atoms with Gasteiger partial charge < -0.3 is 0 Å². The Morgan fingerprint density at radius 3 is 1.15 bits per heavy atom. The SMILES string of the molecule is CC1=C(C(C)(C)C)[CH]([Zr]([CH3])(=[SiH2])([CH2]CC(F)(F)F)[CH]2C(C(C)(C)C)=C(C)c3c(-c4ccc([Si](C)(C)C)cc4)cccc32)c2cccc(-c3ccc([Si](C)(C)C)cc3)c21.Cl.Cl. The van der Waals surface area contributed by atoms with Crippen LogP contribution in [0.1, 0.15) is 91.3 Å². The van der Waals surface area contributed by atoms with Crippen LogP contribution in [0.3, 0.4) is 0 Å². The zero-order chi connectivity index (χ0) is 42.5. The zero-order valence-electron chi connectivity index (χ0n) is 38.3. The maximum absolute atomic E-state index is 15.0. The summed E-state index contributed by atoms with van der Waals surface area (Å²) in [5.74, 6) is 0. The van der Waals surface area contributed by atoms with Gasteiger partial charge in [0.05, 0.1) is 0 Å². The van der Waals surface area contributed by atoms with Crippen LogP contribution in [0.15, 0.2) is 96.1 Å². The Morgan fingerprint density at radius 1 is 0.559 bits per heavy atom. The number of fused-ring (bicyclic) bond motifs is 2. The molecule has 4 aromatic carbocycles. The summed E-state index contributed by atoms with van der Waals surface area (Å²) in [4.78, 5) is 0. The first-order valence-electron chi connectivity index (χ1n) is 21.0. The summed E-state index contributed by atoms with van der Waals surface area (Å²) < 4.78 is 47.4. The molecule has 4 aromatic rings. The van der Waals surface area contributed by atoms with Crippen molar-refractivity contribution in [2.45, 2.75) is 123 Å².